The second-order valence-electron chi connectivity index (χ2n) is 19.2. The molecule has 6 nitrogen and oxygen atoms in total. The molecule has 0 spiro atoms. The van der Waals surface area contributed by atoms with E-state index in [0.717, 1.165) is 103 Å². The fourth-order valence-electron chi connectivity index (χ4n) is 8.11. The lowest BCUT2D eigenvalue weighted by molar-refractivity contribution is -0.167. The van der Waals surface area contributed by atoms with Crippen LogP contribution in [0.4, 0.5) is 0 Å². The summed E-state index contributed by atoms with van der Waals surface area (Å²) in [5.41, 5.74) is 0. The van der Waals surface area contributed by atoms with E-state index >= 15 is 0 Å². The van der Waals surface area contributed by atoms with Gasteiger partial charge in [-0.05, 0) is 89.9 Å². The average Bonchev–Trinajstić information content (AvgIpc) is 3.34. The molecule has 0 amide bonds. The van der Waals surface area contributed by atoms with Crippen LogP contribution >= 0.6 is 0 Å². The quantitative estimate of drug-likeness (QED) is 0.0262. The van der Waals surface area contributed by atoms with E-state index in [4.69, 9.17) is 14.2 Å². The molecule has 1 unspecified atom stereocenters. The fraction of sp³-hybridized carbons (Fsp3) is 0.758. The van der Waals surface area contributed by atoms with Crippen LogP contribution in [0.3, 0.4) is 0 Å². The highest BCUT2D eigenvalue weighted by Gasteiger charge is 2.19. The molecule has 1 atom stereocenters. The van der Waals surface area contributed by atoms with Gasteiger partial charge in [-0.15, -0.1) is 0 Å². The van der Waals surface area contributed by atoms with Gasteiger partial charge in [0.15, 0.2) is 6.10 Å². The molecule has 68 heavy (non-hydrogen) atoms. The SMILES string of the molecule is CC/C=C\C/C=C\C/C=C\C/C=C\CCCCCC(=O)OCC(COC(=O)CCCCCCCCC/C=C\C/C=C\CCCCC)OC(=O)CCCCCCCCCCCCCCCCCCC. The van der Waals surface area contributed by atoms with Gasteiger partial charge >= 0.3 is 17.9 Å². The molecular formula is C62H108O6. The van der Waals surface area contributed by atoms with Gasteiger partial charge in [0.05, 0.1) is 0 Å². The Labute approximate surface area is 421 Å². The molecule has 0 aromatic carbocycles. The number of carbonyl (C=O) groups excluding carboxylic acids is 3. The van der Waals surface area contributed by atoms with Gasteiger partial charge in [0.25, 0.3) is 0 Å². The van der Waals surface area contributed by atoms with Crippen LogP contribution in [0, 0.1) is 0 Å². The minimum absolute atomic E-state index is 0.0878. The Kier molecular flexibility index (Phi) is 53.8. The fourth-order valence-corrected chi connectivity index (χ4v) is 8.11. The summed E-state index contributed by atoms with van der Waals surface area (Å²) < 4.78 is 16.9. The second-order valence-corrected chi connectivity index (χ2v) is 19.2. The normalized spacial score (nSPS) is 12.6. The maximum atomic E-state index is 12.9. The molecule has 6 heteroatoms. The Bertz CT molecular complexity index is 1270. The molecule has 0 saturated carbocycles. The first-order valence-corrected chi connectivity index (χ1v) is 28.9. The van der Waals surface area contributed by atoms with Crippen LogP contribution in [0.1, 0.15) is 284 Å². The van der Waals surface area contributed by atoms with Gasteiger partial charge in [-0.1, -0.05) is 248 Å². The van der Waals surface area contributed by atoms with Crippen molar-refractivity contribution in [1.82, 2.24) is 0 Å². The predicted molar refractivity (Wildman–Crippen MR) is 293 cm³/mol. The number of esters is 3. The molecular weight excluding hydrogens is 841 g/mol. The maximum Gasteiger partial charge on any atom is 0.306 e. The van der Waals surface area contributed by atoms with Crippen molar-refractivity contribution in [2.24, 2.45) is 0 Å². The highest BCUT2D eigenvalue weighted by Crippen LogP contribution is 2.16. The molecule has 0 N–H and O–H groups in total. The van der Waals surface area contributed by atoms with Gasteiger partial charge in [0.1, 0.15) is 13.2 Å². The number of hydrogen-bond donors (Lipinski definition) is 0. The summed E-state index contributed by atoms with van der Waals surface area (Å²) in [6.07, 6.45) is 71.7. The van der Waals surface area contributed by atoms with Crippen molar-refractivity contribution in [3.05, 3.63) is 72.9 Å². The van der Waals surface area contributed by atoms with Crippen LogP contribution < -0.4 is 0 Å². The van der Waals surface area contributed by atoms with Crippen molar-refractivity contribution in [3.63, 3.8) is 0 Å². The zero-order chi connectivity index (χ0) is 49.3. The zero-order valence-electron chi connectivity index (χ0n) is 44.9. The third-order valence-corrected chi connectivity index (χ3v) is 12.4. The largest absolute Gasteiger partial charge is 0.462 e. The molecule has 0 bridgehead atoms. The molecule has 0 aliphatic carbocycles. The van der Waals surface area contributed by atoms with Gasteiger partial charge < -0.3 is 14.2 Å². The molecule has 392 valence electrons. The Morgan fingerprint density at radius 3 is 0.941 bits per heavy atom. The van der Waals surface area contributed by atoms with E-state index in [1.54, 1.807) is 0 Å². The molecule has 0 radical (unpaired) electrons. The Morgan fingerprint density at radius 2 is 0.574 bits per heavy atom. The maximum absolute atomic E-state index is 12.9. The predicted octanol–water partition coefficient (Wildman–Crippen LogP) is 19.4. The first-order chi connectivity index (χ1) is 33.5. The first kappa shape index (κ1) is 64.8. The van der Waals surface area contributed by atoms with Crippen molar-refractivity contribution in [2.45, 2.75) is 290 Å². The molecule has 0 aromatic rings. The second kappa shape index (κ2) is 56.4. The summed E-state index contributed by atoms with van der Waals surface area (Å²) in [7, 11) is 0. The lowest BCUT2D eigenvalue weighted by Gasteiger charge is -2.18. The number of allylic oxidation sites excluding steroid dienone is 12. The number of unbranched alkanes of at least 4 members (excludes halogenated alkanes) is 29. The van der Waals surface area contributed by atoms with Crippen LogP contribution in [-0.4, -0.2) is 37.2 Å². The van der Waals surface area contributed by atoms with Gasteiger partial charge in [-0.2, -0.15) is 0 Å². The zero-order valence-corrected chi connectivity index (χ0v) is 44.9. The van der Waals surface area contributed by atoms with Crippen LogP contribution in [-0.2, 0) is 28.6 Å². The van der Waals surface area contributed by atoms with Gasteiger partial charge in [0, 0.05) is 19.3 Å². The van der Waals surface area contributed by atoms with Crippen molar-refractivity contribution in [3.8, 4) is 0 Å². The Morgan fingerprint density at radius 1 is 0.309 bits per heavy atom. The van der Waals surface area contributed by atoms with Crippen LogP contribution in [0.5, 0.6) is 0 Å². The van der Waals surface area contributed by atoms with E-state index in [9.17, 15) is 14.4 Å². The molecule has 0 aliphatic rings. The minimum atomic E-state index is -0.791. The number of rotatable bonds is 52. The van der Waals surface area contributed by atoms with E-state index in [2.05, 4.69) is 93.7 Å². The number of ether oxygens (including phenoxy) is 3. The van der Waals surface area contributed by atoms with Crippen LogP contribution in [0.2, 0.25) is 0 Å². The average molecular weight is 950 g/mol. The lowest BCUT2D eigenvalue weighted by Crippen LogP contribution is -2.30. The molecule has 0 rings (SSSR count). The number of carbonyl (C=O) groups is 3. The van der Waals surface area contributed by atoms with Crippen molar-refractivity contribution >= 4 is 17.9 Å². The molecule has 0 saturated heterocycles. The molecule has 0 aromatic heterocycles. The highest BCUT2D eigenvalue weighted by molar-refractivity contribution is 5.71. The summed E-state index contributed by atoms with van der Waals surface area (Å²) in [4.78, 5) is 38.2. The topological polar surface area (TPSA) is 78.9 Å². The number of hydrogen-bond acceptors (Lipinski definition) is 6. The first-order valence-electron chi connectivity index (χ1n) is 28.9. The summed E-state index contributed by atoms with van der Waals surface area (Å²) >= 11 is 0. The standard InChI is InChI=1S/C62H108O6/c1-4-7-10-13-16-19-22-25-28-31-34-37-40-43-46-49-52-55-61(64)67-58-59(57-66-60(63)54-51-48-45-42-39-36-33-30-27-24-21-18-15-12-9-6-3)68-62(65)56-53-50-47-44-41-38-35-32-29-26-23-20-17-14-11-8-5-2/h9,12,16,18-19,21,25,27-28,30,36,39,59H,4-8,10-11,13-15,17,20,22-24,26,29,31-35,37-38,40-58H2,1-3H3/b12-9-,19-16-,21-18-,28-25-,30-27-,39-36-. The van der Waals surface area contributed by atoms with E-state index < -0.39 is 6.10 Å². The van der Waals surface area contributed by atoms with Gasteiger partial charge in [-0.25, -0.2) is 0 Å². The van der Waals surface area contributed by atoms with Crippen molar-refractivity contribution in [2.75, 3.05) is 13.2 Å². The van der Waals surface area contributed by atoms with Crippen molar-refractivity contribution in [1.29, 1.82) is 0 Å². The van der Waals surface area contributed by atoms with E-state index in [-0.39, 0.29) is 31.1 Å². The molecule has 0 aliphatic heterocycles. The summed E-state index contributed by atoms with van der Waals surface area (Å²) in [6.45, 7) is 6.49. The Balaban J connectivity index is 4.42. The smallest absolute Gasteiger partial charge is 0.306 e. The van der Waals surface area contributed by atoms with Crippen LogP contribution in [0.25, 0.3) is 0 Å². The Hall–Kier alpha value is -3.15. The van der Waals surface area contributed by atoms with E-state index in [1.807, 2.05) is 0 Å². The highest BCUT2D eigenvalue weighted by atomic mass is 16.6. The lowest BCUT2D eigenvalue weighted by atomic mass is 10.0. The summed E-state index contributed by atoms with van der Waals surface area (Å²) in [5, 5.41) is 0. The van der Waals surface area contributed by atoms with E-state index in [1.165, 1.54) is 141 Å². The van der Waals surface area contributed by atoms with Gasteiger partial charge in [-0.3, -0.25) is 14.4 Å². The minimum Gasteiger partial charge on any atom is -0.462 e. The van der Waals surface area contributed by atoms with Crippen LogP contribution in [0.15, 0.2) is 72.9 Å². The molecule has 0 fully saturated rings. The third-order valence-electron chi connectivity index (χ3n) is 12.4. The molecule has 0 heterocycles. The monoisotopic (exact) mass is 949 g/mol. The van der Waals surface area contributed by atoms with E-state index in [0.29, 0.717) is 19.3 Å². The van der Waals surface area contributed by atoms with Gasteiger partial charge in [0.2, 0.25) is 0 Å². The summed E-state index contributed by atoms with van der Waals surface area (Å²) in [5.74, 6) is -0.916. The third kappa shape index (κ3) is 53.8. The summed E-state index contributed by atoms with van der Waals surface area (Å²) in [6, 6.07) is 0. The van der Waals surface area contributed by atoms with Crippen molar-refractivity contribution < 1.29 is 28.6 Å².